The Morgan fingerprint density at radius 1 is 0.875 bits per heavy atom. The van der Waals surface area contributed by atoms with Crippen molar-refractivity contribution in [2.24, 2.45) is 0 Å². The van der Waals surface area contributed by atoms with Crippen LogP contribution < -0.4 is 4.74 Å². The molecule has 2 aliphatic heterocycles. The van der Waals surface area contributed by atoms with Crippen molar-refractivity contribution in [3.05, 3.63) is 29.8 Å². The lowest BCUT2D eigenvalue weighted by Crippen LogP contribution is -2.43. The molecule has 130 valence electrons. The Morgan fingerprint density at radius 2 is 1.42 bits per heavy atom. The third kappa shape index (κ3) is 4.24. The largest absolute Gasteiger partial charge is 0.484 e. The van der Waals surface area contributed by atoms with Crippen LogP contribution in [0.15, 0.2) is 24.3 Å². The summed E-state index contributed by atoms with van der Waals surface area (Å²) in [5, 5.41) is 0. The van der Waals surface area contributed by atoms with Gasteiger partial charge in [0.25, 0.3) is 11.8 Å². The Labute approximate surface area is 141 Å². The van der Waals surface area contributed by atoms with Crippen LogP contribution in [-0.4, -0.2) is 80.8 Å². The number of carbonyl (C=O) groups excluding carboxylic acids is 2. The molecule has 2 fully saturated rings. The minimum Gasteiger partial charge on any atom is -0.484 e. The van der Waals surface area contributed by atoms with E-state index in [0.717, 1.165) is 0 Å². The summed E-state index contributed by atoms with van der Waals surface area (Å²) in [5.74, 6) is 0.524. The SMILES string of the molecule is O=C(COc1ccc(C(=O)N2CCOCC2)cc1)N1CCOCC1. The van der Waals surface area contributed by atoms with Crippen LogP contribution in [0.2, 0.25) is 0 Å². The van der Waals surface area contributed by atoms with Crippen molar-refractivity contribution in [1.82, 2.24) is 9.80 Å². The topological polar surface area (TPSA) is 68.3 Å². The van der Waals surface area contributed by atoms with Gasteiger partial charge in [0.15, 0.2) is 6.61 Å². The first-order chi connectivity index (χ1) is 11.7. The number of rotatable bonds is 4. The molecule has 1 aromatic carbocycles. The van der Waals surface area contributed by atoms with Gasteiger partial charge in [0.05, 0.1) is 26.4 Å². The molecule has 2 heterocycles. The van der Waals surface area contributed by atoms with Crippen LogP contribution in [0, 0.1) is 0 Å². The molecule has 7 heteroatoms. The lowest BCUT2D eigenvalue weighted by molar-refractivity contribution is -0.137. The fourth-order valence-corrected chi connectivity index (χ4v) is 2.69. The Balaban J connectivity index is 1.50. The van der Waals surface area contributed by atoms with E-state index in [9.17, 15) is 9.59 Å². The van der Waals surface area contributed by atoms with Gasteiger partial charge in [-0.15, -0.1) is 0 Å². The van der Waals surface area contributed by atoms with Crippen LogP contribution in [0.1, 0.15) is 10.4 Å². The van der Waals surface area contributed by atoms with Crippen LogP contribution in [0.4, 0.5) is 0 Å². The van der Waals surface area contributed by atoms with Crippen LogP contribution >= 0.6 is 0 Å². The average molecular weight is 334 g/mol. The summed E-state index contributed by atoms with van der Waals surface area (Å²) < 4.78 is 16.0. The second-order valence-corrected chi connectivity index (χ2v) is 5.71. The first kappa shape index (κ1) is 16.7. The van der Waals surface area contributed by atoms with Gasteiger partial charge in [-0.3, -0.25) is 9.59 Å². The van der Waals surface area contributed by atoms with E-state index in [0.29, 0.717) is 63.9 Å². The number of hydrogen-bond donors (Lipinski definition) is 0. The van der Waals surface area contributed by atoms with Gasteiger partial charge in [-0.25, -0.2) is 0 Å². The summed E-state index contributed by atoms with van der Waals surface area (Å²) >= 11 is 0. The summed E-state index contributed by atoms with van der Waals surface area (Å²) in [7, 11) is 0. The zero-order valence-electron chi connectivity index (χ0n) is 13.6. The molecule has 0 bridgehead atoms. The van der Waals surface area contributed by atoms with E-state index >= 15 is 0 Å². The molecule has 2 saturated heterocycles. The molecule has 7 nitrogen and oxygen atoms in total. The predicted octanol–water partition coefficient (Wildman–Crippen LogP) is 0.397. The smallest absolute Gasteiger partial charge is 0.260 e. The molecule has 2 amide bonds. The molecule has 0 atom stereocenters. The predicted molar refractivity (Wildman–Crippen MR) is 86.1 cm³/mol. The van der Waals surface area contributed by atoms with E-state index in [4.69, 9.17) is 14.2 Å². The van der Waals surface area contributed by atoms with Gasteiger partial charge in [-0.2, -0.15) is 0 Å². The third-order valence-corrected chi connectivity index (χ3v) is 4.13. The lowest BCUT2D eigenvalue weighted by Gasteiger charge is -2.27. The minimum absolute atomic E-state index is 0.00322. The molecule has 0 unspecified atom stereocenters. The number of hydrogen-bond acceptors (Lipinski definition) is 5. The summed E-state index contributed by atoms with van der Waals surface area (Å²) in [6.07, 6.45) is 0. The van der Waals surface area contributed by atoms with Crippen molar-refractivity contribution in [3.8, 4) is 5.75 Å². The second kappa shape index (κ2) is 8.12. The van der Waals surface area contributed by atoms with Gasteiger partial charge in [0.1, 0.15) is 5.75 Å². The highest BCUT2D eigenvalue weighted by molar-refractivity contribution is 5.94. The highest BCUT2D eigenvalue weighted by atomic mass is 16.5. The molecule has 0 N–H and O–H groups in total. The fraction of sp³-hybridized carbons (Fsp3) is 0.529. The zero-order chi connectivity index (χ0) is 16.8. The molecular formula is C17H22N2O5. The van der Waals surface area contributed by atoms with Gasteiger partial charge in [-0.1, -0.05) is 0 Å². The molecule has 0 aliphatic carbocycles. The van der Waals surface area contributed by atoms with Gasteiger partial charge in [0, 0.05) is 31.7 Å². The number of nitrogens with zero attached hydrogens (tertiary/aromatic N) is 2. The first-order valence-corrected chi connectivity index (χ1v) is 8.19. The van der Waals surface area contributed by atoms with Crippen molar-refractivity contribution < 1.29 is 23.8 Å². The number of amides is 2. The molecule has 2 aliphatic rings. The third-order valence-electron chi connectivity index (χ3n) is 4.13. The summed E-state index contributed by atoms with van der Waals surface area (Å²) in [6, 6.07) is 6.90. The lowest BCUT2D eigenvalue weighted by atomic mass is 10.2. The quantitative estimate of drug-likeness (QED) is 0.797. The number of ether oxygens (including phenoxy) is 3. The molecule has 0 spiro atoms. The summed E-state index contributed by atoms with van der Waals surface area (Å²) in [6.45, 7) is 4.75. The Hall–Kier alpha value is -2.12. The molecule has 0 saturated carbocycles. The maximum absolute atomic E-state index is 12.3. The van der Waals surface area contributed by atoms with Crippen LogP contribution in [-0.2, 0) is 14.3 Å². The van der Waals surface area contributed by atoms with E-state index < -0.39 is 0 Å². The van der Waals surface area contributed by atoms with Gasteiger partial charge in [0.2, 0.25) is 0 Å². The Morgan fingerprint density at radius 3 is 2.00 bits per heavy atom. The highest BCUT2D eigenvalue weighted by Gasteiger charge is 2.19. The van der Waals surface area contributed by atoms with Gasteiger partial charge >= 0.3 is 0 Å². The number of morpholine rings is 2. The molecular weight excluding hydrogens is 312 g/mol. The molecule has 1 aromatic rings. The van der Waals surface area contributed by atoms with Crippen LogP contribution in [0.3, 0.4) is 0 Å². The van der Waals surface area contributed by atoms with Gasteiger partial charge in [-0.05, 0) is 24.3 Å². The first-order valence-electron chi connectivity index (χ1n) is 8.19. The van der Waals surface area contributed by atoms with Crippen molar-refractivity contribution in [2.45, 2.75) is 0 Å². The van der Waals surface area contributed by atoms with Crippen molar-refractivity contribution in [3.63, 3.8) is 0 Å². The minimum atomic E-state index is -0.0493. The maximum Gasteiger partial charge on any atom is 0.260 e. The van der Waals surface area contributed by atoms with Crippen LogP contribution in [0.5, 0.6) is 5.75 Å². The molecule has 0 radical (unpaired) electrons. The fourth-order valence-electron chi connectivity index (χ4n) is 2.69. The van der Waals surface area contributed by atoms with E-state index in [1.165, 1.54) is 0 Å². The average Bonchev–Trinajstić information content (AvgIpc) is 2.67. The maximum atomic E-state index is 12.3. The van der Waals surface area contributed by atoms with E-state index in [1.54, 1.807) is 34.1 Å². The second-order valence-electron chi connectivity index (χ2n) is 5.71. The van der Waals surface area contributed by atoms with Crippen molar-refractivity contribution in [2.75, 3.05) is 59.2 Å². The molecule has 24 heavy (non-hydrogen) atoms. The summed E-state index contributed by atoms with van der Waals surface area (Å²) in [4.78, 5) is 27.9. The van der Waals surface area contributed by atoms with E-state index in [-0.39, 0.29) is 18.4 Å². The Kier molecular flexibility index (Phi) is 5.66. The number of benzene rings is 1. The zero-order valence-corrected chi connectivity index (χ0v) is 13.6. The van der Waals surface area contributed by atoms with E-state index in [1.807, 2.05) is 0 Å². The monoisotopic (exact) mass is 334 g/mol. The molecule has 0 aromatic heterocycles. The number of carbonyl (C=O) groups is 2. The standard InChI is InChI=1S/C17H22N2O5/c20-16(18-5-9-22-10-6-18)13-24-15-3-1-14(2-4-15)17(21)19-7-11-23-12-8-19/h1-4H,5-13H2. The summed E-state index contributed by atoms with van der Waals surface area (Å²) in [5.41, 5.74) is 0.615. The molecule has 3 rings (SSSR count). The highest BCUT2D eigenvalue weighted by Crippen LogP contribution is 2.15. The van der Waals surface area contributed by atoms with Crippen molar-refractivity contribution in [1.29, 1.82) is 0 Å². The Bertz CT molecular complexity index is 563. The van der Waals surface area contributed by atoms with E-state index in [2.05, 4.69) is 0 Å². The van der Waals surface area contributed by atoms with Gasteiger partial charge < -0.3 is 24.0 Å². The normalized spacial score (nSPS) is 18.3. The van der Waals surface area contributed by atoms with Crippen LogP contribution in [0.25, 0.3) is 0 Å². The van der Waals surface area contributed by atoms with Crippen molar-refractivity contribution >= 4 is 11.8 Å².